The fourth-order valence-electron chi connectivity index (χ4n) is 0.143. The van der Waals surface area contributed by atoms with Crippen molar-refractivity contribution in [1.82, 2.24) is 0 Å². The number of allylic oxidation sites excluding steroid dienone is 2. The predicted molar refractivity (Wildman–Crippen MR) is 29.0 cm³/mol. The van der Waals surface area contributed by atoms with E-state index in [0.717, 1.165) is 0 Å². The summed E-state index contributed by atoms with van der Waals surface area (Å²) in [5.41, 5.74) is 0. The Morgan fingerprint density at radius 1 is 1.71 bits per heavy atom. The van der Waals surface area contributed by atoms with E-state index in [0.29, 0.717) is 0 Å². The molecule has 2 nitrogen and oxygen atoms in total. The van der Waals surface area contributed by atoms with Gasteiger partial charge in [0.05, 0.1) is 0 Å². The van der Waals surface area contributed by atoms with Crippen LogP contribution in [-0.4, -0.2) is 12.7 Å². The maximum atomic E-state index is 9.39. The number of hydrogen-bond acceptors (Lipinski definition) is 2. The molecule has 0 aliphatic rings. The molecule has 0 aromatic carbocycles. The van der Waals surface area contributed by atoms with Crippen molar-refractivity contribution in [2.24, 2.45) is 4.99 Å². The highest BCUT2D eigenvalue weighted by atomic mass is 16.1. The first-order chi connectivity index (χ1) is 3.41. The molecule has 0 spiro atoms. The van der Waals surface area contributed by atoms with Crippen molar-refractivity contribution in [3.05, 3.63) is 18.4 Å². The summed E-state index contributed by atoms with van der Waals surface area (Å²) in [6.07, 6.45) is 4.08. The van der Waals surface area contributed by atoms with Crippen LogP contribution in [0.2, 0.25) is 0 Å². The lowest BCUT2D eigenvalue weighted by atomic mass is 10.6. The van der Waals surface area contributed by atoms with E-state index < -0.39 is 0 Å². The molecule has 0 aromatic rings. The minimum Gasteiger partial charge on any atom is -0.272 e. The molecule has 0 aromatic heterocycles. The van der Waals surface area contributed by atoms with Crippen molar-refractivity contribution in [2.45, 2.75) is 0 Å². The molecule has 0 rings (SSSR count). The molecule has 0 atom stereocenters. The zero-order valence-electron chi connectivity index (χ0n) is 3.79. The third-order valence-electron chi connectivity index (χ3n) is 0.356. The molecule has 0 radical (unpaired) electrons. The molecular formula is C5H5NO. The highest BCUT2D eigenvalue weighted by Gasteiger charge is 1.53. The van der Waals surface area contributed by atoms with Gasteiger partial charge >= 0.3 is 0 Å². The lowest BCUT2D eigenvalue weighted by Gasteiger charge is -1.60. The number of rotatable bonds is 2. The van der Waals surface area contributed by atoms with Crippen LogP contribution in [-0.2, 0) is 4.79 Å². The van der Waals surface area contributed by atoms with Gasteiger partial charge in [-0.05, 0) is 12.8 Å². The van der Waals surface area contributed by atoms with E-state index >= 15 is 0 Å². The SMILES string of the molecule is C=N/C=C\C=C=O. The molecule has 0 amide bonds. The quantitative estimate of drug-likeness (QED) is 0.280. The van der Waals surface area contributed by atoms with Gasteiger partial charge in [-0.1, -0.05) is 0 Å². The van der Waals surface area contributed by atoms with Crippen molar-refractivity contribution in [3.8, 4) is 0 Å². The highest BCUT2D eigenvalue weighted by Crippen LogP contribution is 1.68. The Hall–Kier alpha value is -1.14. The first kappa shape index (κ1) is 5.86. The van der Waals surface area contributed by atoms with Gasteiger partial charge in [0.1, 0.15) is 5.94 Å². The van der Waals surface area contributed by atoms with Gasteiger partial charge in [-0.25, -0.2) is 4.79 Å². The van der Waals surface area contributed by atoms with Crippen LogP contribution in [0.15, 0.2) is 23.3 Å². The predicted octanol–water partition coefficient (Wildman–Crippen LogP) is 0.589. The summed E-state index contributed by atoms with van der Waals surface area (Å²) in [7, 11) is 0. The fourth-order valence-corrected chi connectivity index (χ4v) is 0.143. The van der Waals surface area contributed by atoms with E-state index in [1.54, 1.807) is 5.94 Å². The van der Waals surface area contributed by atoms with Crippen molar-refractivity contribution >= 4 is 12.7 Å². The molecule has 7 heavy (non-hydrogen) atoms. The maximum Gasteiger partial charge on any atom is 0.124 e. The molecule has 0 aliphatic heterocycles. The smallest absolute Gasteiger partial charge is 0.124 e. The van der Waals surface area contributed by atoms with Crippen LogP contribution in [0.4, 0.5) is 0 Å². The van der Waals surface area contributed by atoms with Gasteiger partial charge in [0.15, 0.2) is 0 Å². The molecule has 0 unspecified atom stereocenters. The zero-order valence-corrected chi connectivity index (χ0v) is 3.79. The molecule has 0 aliphatic carbocycles. The summed E-state index contributed by atoms with van der Waals surface area (Å²) < 4.78 is 0. The van der Waals surface area contributed by atoms with Crippen molar-refractivity contribution < 1.29 is 4.79 Å². The second-order valence-electron chi connectivity index (χ2n) is 0.809. The van der Waals surface area contributed by atoms with Crippen LogP contribution >= 0.6 is 0 Å². The van der Waals surface area contributed by atoms with E-state index in [1.165, 1.54) is 18.4 Å². The second-order valence-corrected chi connectivity index (χ2v) is 0.809. The maximum absolute atomic E-state index is 9.39. The largest absolute Gasteiger partial charge is 0.272 e. The third kappa shape index (κ3) is 4.86. The summed E-state index contributed by atoms with van der Waals surface area (Å²) in [5.74, 6) is 1.55. The normalized spacial score (nSPS) is 8.00. The molecule has 36 valence electrons. The monoisotopic (exact) mass is 95.0 g/mol. The minimum absolute atomic E-state index is 1.22. The van der Waals surface area contributed by atoms with Crippen LogP contribution in [0.3, 0.4) is 0 Å². The van der Waals surface area contributed by atoms with E-state index in [1.807, 2.05) is 0 Å². The van der Waals surface area contributed by atoms with Gasteiger partial charge in [0.2, 0.25) is 0 Å². The van der Waals surface area contributed by atoms with Gasteiger partial charge in [-0.3, -0.25) is 4.99 Å². The molecule has 0 bridgehead atoms. The summed E-state index contributed by atoms with van der Waals surface area (Å²) in [4.78, 5) is 12.7. The number of carbonyl (C=O) groups excluding carboxylic acids is 1. The number of nitrogens with zero attached hydrogens (tertiary/aromatic N) is 1. The Labute approximate surface area is 41.9 Å². The lowest BCUT2D eigenvalue weighted by molar-refractivity contribution is 0.569. The van der Waals surface area contributed by atoms with Crippen molar-refractivity contribution in [3.63, 3.8) is 0 Å². The van der Waals surface area contributed by atoms with Gasteiger partial charge in [0.25, 0.3) is 0 Å². The van der Waals surface area contributed by atoms with E-state index in [-0.39, 0.29) is 0 Å². The van der Waals surface area contributed by atoms with E-state index in [9.17, 15) is 4.79 Å². The summed E-state index contributed by atoms with van der Waals surface area (Å²) >= 11 is 0. The molecule has 0 saturated heterocycles. The Balaban J connectivity index is 3.47. The summed E-state index contributed by atoms with van der Waals surface area (Å²) in [5, 5.41) is 0. The first-order valence-electron chi connectivity index (χ1n) is 1.73. The molecule has 0 fully saturated rings. The van der Waals surface area contributed by atoms with E-state index in [2.05, 4.69) is 11.7 Å². The fraction of sp³-hybridized carbons (Fsp3) is 0. The lowest BCUT2D eigenvalue weighted by Crippen LogP contribution is -1.46. The van der Waals surface area contributed by atoms with Crippen molar-refractivity contribution in [2.75, 3.05) is 0 Å². The molecule has 0 heterocycles. The molecule has 0 N–H and O–H groups in total. The Morgan fingerprint density at radius 3 is 2.86 bits per heavy atom. The van der Waals surface area contributed by atoms with Crippen molar-refractivity contribution in [1.29, 1.82) is 0 Å². The standard InChI is InChI=1S/C5H5NO/c1-6-4-2-3-5-7/h2-4H,1H2/b4-2-. The van der Waals surface area contributed by atoms with Gasteiger partial charge in [-0.2, -0.15) is 0 Å². The molecular weight excluding hydrogens is 90.1 g/mol. The van der Waals surface area contributed by atoms with E-state index in [4.69, 9.17) is 0 Å². The number of hydrogen-bond donors (Lipinski definition) is 0. The second kappa shape index (κ2) is 4.86. The van der Waals surface area contributed by atoms with Crippen LogP contribution in [0.1, 0.15) is 0 Å². The highest BCUT2D eigenvalue weighted by molar-refractivity contribution is 5.48. The summed E-state index contributed by atoms with van der Waals surface area (Å²) in [6, 6.07) is 0. The first-order valence-corrected chi connectivity index (χ1v) is 1.73. The summed E-state index contributed by atoms with van der Waals surface area (Å²) in [6.45, 7) is 3.15. The third-order valence-corrected chi connectivity index (χ3v) is 0.356. The van der Waals surface area contributed by atoms with Gasteiger partial charge < -0.3 is 0 Å². The van der Waals surface area contributed by atoms with Gasteiger partial charge in [-0.15, -0.1) is 0 Å². The topological polar surface area (TPSA) is 29.4 Å². The average molecular weight is 95.1 g/mol. The van der Waals surface area contributed by atoms with Crippen LogP contribution in [0, 0.1) is 0 Å². The van der Waals surface area contributed by atoms with Crippen LogP contribution in [0.25, 0.3) is 0 Å². The average Bonchev–Trinajstić information content (AvgIpc) is 1.69. The minimum atomic E-state index is 1.22. The Bertz CT molecular complexity index is 120. The number of aliphatic imine (C=N–C) groups is 1. The molecule has 0 saturated carbocycles. The van der Waals surface area contributed by atoms with Crippen LogP contribution in [0.5, 0.6) is 0 Å². The Morgan fingerprint density at radius 2 is 2.43 bits per heavy atom. The van der Waals surface area contributed by atoms with Gasteiger partial charge in [0, 0.05) is 12.3 Å². The molecule has 2 heteroatoms. The van der Waals surface area contributed by atoms with Crippen LogP contribution < -0.4 is 0 Å². The zero-order chi connectivity index (χ0) is 5.54. The Kier molecular flexibility index (Phi) is 4.07.